The van der Waals surface area contributed by atoms with Crippen molar-refractivity contribution in [3.63, 3.8) is 0 Å². The van der Waals surface area contributed by atoms with Crippen molar-refractivity contribution in [2.45, 2.75) is 33.6 Å². The SMILES string of the molecule is CCOC(=O)c1sc(C=O)cc1CCC(C)C. The monoisotopic (exact) mass is 254 g/mol. The molecular weight excluding hydrogens is 236 g/mol. The molecule has 0 aromatic carbocycles. The van der Waals surface area contributed by atoms with Crippen LogP contribution in [0.5, 0.6) is 0 Å². The number of thiophene rings is 1. The maximum atomic E-state index is 11.7. The summed E-state index contributed by atoms with van der Waals surface area (Å²) in [7, 11) is 0. The number of rotatable bonds is 6. The van der Waals surface area contributed by atoms with Crippen molar-refractivity contribution in [3.8, 4) is 0 Å². The Bertz CT molecular complexity index is 393. The van der Waals surface area contributed by atoms with Crippen molar-refractivity contribution in [1.29, 1.82) is 0 Å². The molecule has 0 spiro atoms. The van der Waals surface area contributed by atoms with Crippen LogP contribution in [0.3, 0.4) is 0 Å². The molecule has 1 heterocycles. The molecule has 4 heteroatoms. The topological polar surface area (TPSA) is 43.4 Å². The number of aryl methyl sites for hydroxylation is 1. The highest BCUT2D eigenvalue weighted by Crippen LogP contribution is 2.24. The van der Waals surface area contributed by atoms with E-state index in [1.807, 2.05) is 0 Å². The Morgan fingerprint density at radius 3 is 2.76 bits per heavy atom. The first kappa shape index (κ1) is 13.9. The molecule has 0 aliphatic rings. The van der Waals surface area contributed by atoms with Gasteiger partial charge in [0.05, 0.1) is 11.5 Å². The maximum Gasteiger partial charge on any atom is 0.348 e. The van der Waals surface area contributed by atoms with Crippen LogP contribution in [0, 0.1) is 5.92 Å². The van der Waals surface area contributed by atoms with Crippen LogP contribution in [0.15, 0.2) is 6.07 Å². The van der Waals surface area contributed by atoms with Gasteiger partial charge >= 0.3 is 5.97 Å². The van der Waals surface area contributed by atoms with Gasteiger partial charge in [-0.15, -0.1) is 11.3 Å². The van der Waals surface area contributed by atoms with E-state index in [2.05, 4.69) is 13.8 Å². The zero-order valence-corrected chi connectivity index (χ0v) is 11.3. The maximum absolute atomic E-state index is 11.7. The standard InChI is InChI=1S/C13H18O3S/c1-4-16-13(15)12-10(6-5-9(2)3)7-11(8-14)17-12/h7-9H,4-6H2,1-3H3. The van der Waals surface area contributed by atoms with Gasteiger partial charge in [-0.1, -0.05) is 13.8 Å². The molecule has 0 saturated heterocycles. The number of hydrogen-bond acceptors (Lipinski definition) is 4. The Kier molecular flexibility index (Phi) is 5.35. The summed E-state index contributed by atoms with van der Waals surface area (Å²) in [6.45, 7) is 6.41. The van der Waals surface area contributed by atoms with Gasteiger partial charge in [0.1, 0.15) is 4.88 Å². The Morgan fingerprint density at radius 2 is 2.24 bits per heavy atom. The fourth-order valence-corrected chi connectivity index (χ4v) is 2.43. The van der Waals surface area contributed by atoms with E-state index in [-0.39, 0.29) is 5.97 Å². The van der Waals surface area contributed by atoms with Gasteiger partial charge in [0, 0.05) is 0 Å². The fourth-order valence-electron chi connectivity index (χ4n) is 1.51. The third-order valence-corrected chi connectivity index (χ3v) is 3.48. The highest BCUT2D eigenvalue weighted by atomic mass is 32.1. The second-order valence-corrected chi connectivity index (χ2v) is 5.36. The highest BCUT2D eigenvalue weighted by Gasteiger charge is 2.17. The highest BCUT2D eigenvalue weighted by molar-refractivity contribution is 7.15. The summed E-state index contributed by atoms with van der Waals surface area (Å²) in [5.41, 5.74) is 0.934. The summed E-state index contributed by atoms with van der Waals surface area (Å²) in [6.07, 6.45) is 2.60. The van der Waals surface area contributed by atoms with Gasteiger partial charge in [0.2, 0.25) is 0 Å². The summed E-state index contributed by atoms with van der Waals surface area (Å²) < 4.78 is 4.99. The van der Waals surface area contributed by atoms with Crippen LogP contribution in [0.25, 0.3) is 0 Å². The lowest BCUT2D eigenvalue weighted by atomic mass is 10.0. The van der Waals surface area contributed by atoms with E-state index < -0.39 is 0 Å². The van der Waals surface area contributed by atoms with Crippen LogP contribution < -0.4 is 0 Å². The first-order chi connectivity index (χ1) is 8.08. The zero-order valence-electron chi connectivity index (χ0n) is 10.5. The van der Waals surface area contributed by atoms with E-state index in [9.17, 15) is 9.59 Å². The van der Waals surface area contributed by atoms with E-state index in [0.29, 0.717) is 22.3 Å². The van der Waals surface area contributed by atoms with E-state index in [1.54, 1.807) is 13.0 Å². The summed E-state index contributed by atoms with van der Waals surface area (Å²) in [6, 6.07) is 1.80. The average molecular weight is 254 g/mol. The molecule has 0 unspecified atom stereocenters. The van der Waals surface area contributed by atoms with Crippen LogP contribution in [0.4, 0.5) is 0 Å². The molecule has 0 bridgehead atoms. The Balaban J connectivity index is 2.88. The van der Waals surface area contributed by atoms with E-state index in [0.717, 1.165) is 24.7 Å². The van der Waals surface area contributed by atoms with Crippen molar-refractivity contribution < 1.29 is 14.3 Å². The predicted molar refractivity (Wildman–Crippen MR) is 68.8 cm³/mol. The molecule has 1 aromatic heterocycles. The number of hydrogen-bond donors (Lipinski definition) is 0. The molecule has 0 fully saturated rings. The minimum atomic E-state index is -0.315. The van der Waals surface area contributed by atoms with Gasteiger partial charge in [-0.25, -0.2) is 4.79 Å². The molecule has 1 aromatic rings. The Labute approximate surface area is 106 Å². The minimum absolute atomic E-state index is 0.315. The van der Waals surface area contributed by atoms with Crippen LogP contribution in [-0.2, 0) is 11.2 Å². The lowest BCUT2D eigenvalue weighted by Crippen LogP contribution is -2.05. The number of carbonyl (C=O) groups excluding carboxylic acids is 2. The molecule has 3 nitrogen and oxygen atoms in total. The largest absolute Gasteiger partial charge is 0.462 e. The second kappa shape index (κ2) is 6.55. The van der Waals surface area contributed by atoms with E-state index in [1.165, 1.54) is 11.3 Å². The number of carbonyl (C=O) groups is 2. The molecule has 0 aliphatic heterocycles. The van der Waals surface area contributed by atoms with Crippen molar-refractivity contribution in [3.05, 3.63) is 21.4 Å². The van der Waals surface area contributed by atoms with Crippen LogP contribution >= 0.6 is 11.3 Å². The minimum Gasteiger partial charge on any atom is -0.462 e. The summed E-state index contributed by atoms with van der Waals surface area (Å²) in [5.74, 6) is 0.258. The van der Waals surface area contributed by atoms with Crippen molar-refractivity contribution >= 4 is 23.6 Å². The van der Waals surface area contributed by atoms with Crippen LogP contribution in [0.1, 0.15) is 52.1 Å². The molecule has 1 rings (SSSR count). The van der Waals surface area contributed by atoms with Gasteiger partial charge < -0.3 is 4.74 Å². The lowest BCUT2D eigenvalue weighted by molar-refractivity contribution is 0.0531. The van der Waals surface area contributed by atoms with Gasteiger partial charge in [0.15, 0.2) is 6.29 Å². The third kappa shape index (κ3) is 3.97. The van der Waals surface area contributed by atoms with Gasteiger partial charge in [-0.2, -0.15) is 0 Å². The van der Waals surface area contributed by atoms with Crippen LogP contribution in [-0.4, -0.2) is 18.9 Å². The summed E-state index contributed by atoms with van der Waals surface area (Å²) >= 11 is 1.22. The van der Waals surface area contributed by atoms with E-state index >= 15 is 0 Å². The summed E-state index contributed by atoms with van der Waals surface area (Å²) in [5, 5.41) is 0. The molecule has 0 N–H and O–H groups in total. The van der Waals surface area contributed by atoms with Crippen molar-refractivity contribution in [2.75, 3.05) is 6.61 Å². The van der Waals surface area contributed by atoms with Crippen molar-refractivity contribution in [1.82, 2.24) is 0 Å². The van der Waals surface area contributed by atoms with Gasteiger partial charge in [-0.3, -0.25) is 4.79 Å². The molecule has 17 heavy (non-hydrogen) atoms. The second-order valence-electron chi connectivity index (χ2n) is 4.27. The predicted octanol–water partition coefficient (Wildman–Crippen LogP) is 3.33. The zero-order chi connectivity index (χ0) is 12.8. The van der Waals surface area contributed by atoms with Crippen molar-refractivity contribution in [2.24, 2.45) is 5.92 Å². The lowest BCUT2D eigenvalue weighted by Gasteiger charge is -2.05. The Hall–Kier alpha value is -1.16. The summed E-state index contributed by atoms with van der Waals surface area (Å²) in [4.78, 5) is 23.6. The van der Waals surface area contributed by atoms with Gasteiger partial charge in [-0.05, 0) is 37.3 Å². The number of esters is 1. The normalized spacial score (nSPS) is 10.6. The first-order valence-electron chi connectivity index (χ1n) is 5.83. The first-order valence-corrected chi connectivity index (χ1v) is 6.65. The third-order valence-electron chi connectivity index (χ3n) is 2.40. The Morgan fingerprint density at radius 1 is 1.53 bits per heavy atom. The number of aldehydes is 1. The smallest absolute Gasteiger partial charge is 0.348 e. The molecule has 0 saturated carbocycles. The molecule has 0 amide bonds. The fraction of sp³-hybridized carbons (Fsp3) is 0.538. The van der Waals surface area contributed by atoms with Gasteiger partial charge in [0.25, 0.3) is 0 Å². The molecule has 94 valence electrons. The van der Waals surface area contributed by atoms with E-state index in [4.69, 9.17) is 4.74 Å². The quantitative estimate of drug-likeness (QED) is 0.577. The molecule has 0 aliphatic carbocycles. The molecule has 0 radical (unpaired) electrons. The molecular formula is C13H18O3S. The van der Waals surface area contributed by atoms with Crippen LogP contribution in [0.2, 0.25) is 0 Å². The molecule has 0 atom stereocenters. The average Bonchev–Trinajstić information content (AvgIpc) is 2.70. The number of ether oxygens (including phenoxy) is 1.